The molecule has 2 aromatic rings. The first-order valence-corrected chi connectivity index (χ1v) is 10.5. The number of anilines is 1. The zero-order valence-electron chi connectivity index (χ0n) is 17.6. The van der Waals surface area contributed by atoms with Crippen LogP contribution >= 0.6 is 0 Å². The van der Waals surface area contributed by atoms with Gasteiger partial charge in [0, 0.05) is 56.9 Å². The maximum absolute atomic E-state index is 12.1. The molecule has 1 aromatic heterocycles. The summed E-state index contributed by atoms with van der Waals surface area (Å²) in [6.07, 6.45) is 3.21. The Hall–Kier alpha value is -2.47. The smallest absolute Gasteiger partial charge is 0.248 e. The lowest BCUT2D eigenvalue weighted by molar-refractivity contribution is -0.135. The molecule has 6 nitrogen and oxygen atoms in total. The van der Waals surface area contributed by atoms with Gasteiger partial charge in [-0.3, -0.25) is 4.79 Å². The minimum atomic E-state index is 0.0599. The fourth-order valence-corrected chi connectivity index (χ4v) is 4.00. The van der Waals surface area contributed by atoms with E-state index in [1.807, 2.05) is 4.90 Å². The number of hydrogen-bond acceptors (Lipinski definition) is 5. The normalized spacial score (nSPS) is 16.9. The van der Waals surface area contributed by atoms with E-state index in [2.05, 4.69) is 43.0 Å². The molecule has 1 saturated carbocycles. The van der Waals surface area contributed by atoms with E-state index in [1.165, 1.54) is 29.5 Å². The number of benzene rings is 1. The van der Waals surface area contributed by atoms with E-state index in [-0.39, 0.29) is 12.5 Å². The van der Waals surface area contributed by atoms with Crippen molar-refractivity contribution in [3.8, 4) is 0 Å². The Labute approximate surface area is 172 Å². The second kappa shape index (κ2) is 8.49. The van der Waals surface area contributed by atoms with Crippen molar-refractivity contribution in [2.45, 2.75) is 39.0 Å². The maximum Gasteiger partial charge on any atom is 0.248 e. The van der Waals surface area contributed by atoms with Crippen molar-refractivity contribution >= 4 is 11.7 Å². The van der Waals surface area contributed by atoms with Crippen molar-refractivity contribution in [3.05, 3.63) is 52.5 Å². The molecule has 2 fully saturated rings. The molecule has 0 spiro atoms. The van der Waals surface area contributed by atoms with Crippen LogP contribution < -0.4 is 4.90 Å². The minimum absolute atomic E-state index is 0.0599. The molecule has 4 rings (SSSR count). The average molecular weight is 395 g/mol. The molecule has 0 unspecified atom stereocenters. The number of amides is 1. The summed E-state index contributed by atoms with van der Waals surface area (Å²) in [7, 11) is 1.56. The molecular formula is C23H30N4O2. The highest BCUT2D eigenvalue weighted by Crippen LogP contribution is 2.39. The van der Waals surface area contributed by atoms with Crippen molar-refractivity contribution in [2.24, 2.45) is 0 Å². The molecule has 1 aromatic carbocycles. The van der Waals surface area contributed by atoms with Crippen molar-refractivity contribution < 1.29 is 9.53 Å². The average Bonchev–Trinajstić information content (AvgIpc) is 3.55. The monoisotopic (exact) mass is 394 g/mol. The Balaban J connectivity index is 1.60. The molecule has 1 aliphatic heterocycles. The topological polar surface area (TPSA) is 58.6 Å². The first kappa shape index (κ1) is 19.8. The van der Waals surface area contributed by atoms with Crippen molar-refractivity contribution in [1.82, 2.24) is 14.9 Å². The predicted octanol–water partition coefficient (Wildman–Crippen LogP) is 2.86. The maximum atomic E-state index is 12.1. The highest BCUT2D eigenvalue weighted by Gasteiger charge is 2.30. The van der Waals surface area contributed by atoms with Crippen LogP contribution in [-0.2, 0) is 16.0 Å². The summed E-state index contributed by atoms with van der Waals surface area (Å²) in [4.78, 5) is 26.3. The van der Waals surface area contributed by atoms with E-state index in [4.69, 9.17) is 14.7 Å². The summed E-state index contributed by atoms with van der Waals surface area (Å²) >= 11 is 0. The van der Waals surface area contributed by atoms with Crippen LogP contribution in [0.25, 0.3) is 0 Å². The lowest BCUT2D eigenvalue weighted by atomic mass is 10.0. The first-order chi connectivity index (χ1) is 14.0. The van der Waals surface area contributed by atoms with Gasteiger partial charge >= 0.3 is 0 Å². The fourth-order valence-electron chi connectivity index (χ4n) is 4.00. The number of methoxy groups -OCH3 is 1. The highest BCUT2D eigenvalue weighted by atomic mass is 16.5. The lowest BCUT2D eigenvalue weighted by Crippen LogP contribution is -2.50. The molecule has 0 N–H and O–H groups in total. The van der Waals surface area contributed by atoms with Crippen LogP contribution in [0, 0.1) is 13.8 Å². The summed E-state index contributed by atoms with van der Waals surface area (Å²) in [5, 5.41) is 0. The van der Waals surface area contributed by atoms with E-state index >= 15 is 0 Å². The number of aromatic nitrogens is 2. The van der Waals surface area contributed by atoms with Gasteiger partial charge in [0.15, 0.2) is 0 Å². The van der Waals surface area contributed by atoms with Crippen LogP contribution in [0.2, 0.25) is 0 Å². The van der Waals surface area contributed by atoms with Gasteiger partial charge in [0.25, 0.3) is 0 Å². The van der Waals surface area contributed by atoms with Crippen LogP contribution in [0.5, 0.6) is 0 Å². The summed E-state index contributed by atoms with van der Waals surface area (Å²) in [5.41, 5.74) is 4.83. The van der Waals surface area contributed by atoms with E-state index < -0.39 is 0 Å². The van der Waals surface area contributed by atoms with Gasteiger partial charge in [0.1, 0.15) is 18.2 Å². The Morgan fingerprint density at radius 3 is 2.55 bits per heavy atom. The predicted molar refractivity (Wildman–Crippen MR) is 113 cm³/mol. The molecule has 0 radical (unpaired) electrons. The summed E-state index contributed by atoms with van der Waals surface area (Å²) in [6, 6.07) is 8.64. The number of carbonyl (C=O) groups excluding carboxylic acids is 1. The molecule has 1 amide bonds. The van der Waals surface area contributed by atoms with Crippen molar-refractivity contribution in [2.75, 3.05) is 44.8 Å². The lowest BCUT2D eigenvalue weighted by Gasteiger charge is -2.36. The summed E-state index contributed by atoms with van der Waals surface area (Å²) in [5.74, 6) is 2.62. The van der Waals surface area contributed by atoms with Crippen LogP contribution in [0.15, 0.2) is 24.3 Å². The molecule has 1 saturated heterocycles. The van der Waals surface area contributed by atoms with E-state index in [0.29, 0.717) is 19.0 Å². The quantitative estimate of drug-likeness (QED) is 0.754. The van der Waals surface area contributed by atoms with Gasteiger partial charge in [-0.05, 0) is 32.3 Å². The molecule has 29 heavy (non-hydrogen) atoms. The van der Waals surface area contributed by atoms with Gasteiger partial charge in [-0.15, -0.1) is 0 Å². The number of aryl methyl sites for hydroxylation is 2. The number of ether oxygens (including phenoxy) is 1. The van der Waals surface area contributed by atoms with Crippen LogP contribution in [0.4, 0.5) is 5.82 Å². The van der Waals surface area contributed by atoms with Gasteiger partial charge < -0.3 is 14.5 Å². The molecule has 0 bridgehead atoms. The Bertz CT molecular complexity index is 886. The Morgan fingerprint density at radius 1 is 1.14 bits per heavy atom. The van der Waals surface area contributed by atoms with E-state index in [0.717, 1.165) is 36.8 Å². The van der Waals surface area contributed by atoms with Crippen molar-refractivity contribution in [1.29, 1.82) is 0 Å². The van der Waals surface area contributed by atoms with Gasteiger partial charge in [0.05, 0.1) is 0 Å². The van der Waals surface area contributed by atoms with Crippen LogP contribution in [0.1, 0.15) is 47.0 Å². The standard InChI is InChI=1S/C23H30N4O2/c1-16-5-4-6-18(13-16)14-20-17(2)24-22(19-7-8-19)25-23(20)27-11-9-26(10-12-27)21(28)15-29-3/h4-6,13,19H,7-12,14-15H2,1-3H3. The van der Waals surface area contributed by atoms with Crippen LogP contribution in [0.3, 0.4) is 0 Å². The minimum Gasteiger partial charge on any atom is -0.375 e. The zero-order valence-corrected chi connectivity index (χ0v) is 17.6. The number of piperazine rings is 1. The molecular weight excluding hydrogens is 364 g/mol. The van der Waals surface area contributed by atoms with Gasteiger partial charge in [-0.25, -0.2) is 9.97 Å². The highest BCUT2D eigenvalue weighted by molar-refractivity contribution is 5.77. The van der Waals surface area contributed by atoms with E-state index in [1.54, 1.807) is 7.11 Å². The summed E-state index contributed by atoms with van der Waals surface area (Å²) in [6.45, 7) is 7.37. The first-order valence-electron chi connectivity index (χ1n) is 10.5. The zero-order chi connectivity index (χ0) is 20.4. The number of rotatable bonds is 6. The number of carbonyl (C=O) groups is 1. The largest absolute Gasteiger partial charge is 0.375 e. The molecule has 1 aliphatic carbocycles. The van der Waals surface area contributed by atoms with Gasteiger partial charge in [-0.2, -0.15) is 0 Å². The molecule has 2 aliphatic rings. The molecule has 6 heteroatoms. The number of nitrogens with zero attached hydrogens (tertiary/aromatic N) is 4. The second-order valence-corrected chi connectivity index (χ2v) is 8.21. The van der Waals surface area contributed by atoms with Crippen LogP contribution in [-0.4, -0.2) is 60.7 Å². The third-order valence-corrected chi connectivity index (χ3v) is 5.81. The van der Waals surface area contributed by atoms with Gasteiger partial charge in [-0.1, -0.05) is 29.8 Å². The van der Waals surface area contributed by atoms with Crippen molar-refractivity contribution in [3.63, 3.8) is 0 Å². The molecule has 2 heterocycles. The third-order valence-electron chi connectivity index (χ3n) is 5.81. The Kier molecular flexibility index (Phi) is 5.81. The van der Waals surface area contributed by atoms with E-state index in [9.17, 15) is 4.79 Å². The SMILES string of the molecule is COCC(=O)N1CCN(c2nc(C3CC3)nc(C)c2Cc2cccc(C)c2)CC1. The second-order valence-electron chi connectivity index (χ2n) is 8.21. The number of hydrogen-bond donors (Lipinski definition) is 0. The molecule has 154 valence electrons. The fraction of sp³-hybridized carbons (Fsp3) is 0.522. The third kappa shape index (κ3) is 4.58. The Morgan fingerprint density at radius 2 is 1.90 bits per heavy atom. The van der Waals surface area contributed by atoms with Gasteiger partial charge in [0.2, 0.25) is 5.91 Å². The molecule has 0 atom stereocenters. The summed E-state index contributed by atoms with van der Waals surface area (Å²) < 4.78 is 5.00.